The summed E-state index contributed by atoms with van der Waals surface area (Å²) in [5.74, 6) is -0.145. The van der Waals surface area contributed by atoms with E-state index in [2.05, 4.69) is 0 Å². The van der Waals surface area contributed by atoms with Gasteiger partial charge in [0.15, 0.2) is 0 Å². The minimum absolute atomic E-state index is 0.000150. The van der Waals surface area contributed by atoms with Gasteiger partial charge in [0.2, 0.25) is 0 Å². The van der Waals surface area contributed by atoms with Crippen molar-refractivity contribution in [1.29, 1.82) is 0 Å². The Morgan fingerprint density at radius 3 is 2.32 bits per heavy atom. The minimum Gasteiger partial charge on any atom is -0.489 e. The van der Waals surface area contributed by atoms with Crippen LogP contribution in [0.2, 0.25) is 5.02 Å². The highest BCUT2D eigenvalue weighted by molar-refractivity contribution is 6.30. The molecular formula is C15H13ClO3. The first-order valence-corrected chi connectivity index (χ1v) is 6.20. The molecule has 2 rings (SSSR count). The van der Waals surface area contributed by atoms with E-state index >= 15 is 0 Å². The van der Waals surface area contributed by atoms with E-state index in [1.165, 1.54) is 0 Å². The van der Waals surface area contributed by atoms with E-state index in [1.807, 2.05) is 18.2 Å². The molecular weight excluding hydrogens is 264 g/mol. The van der Waals surface area contributed by atoms with Gasteiger partial charge in [-0.25, -0.2) is 0 Å². The molecule has 0 spiro atoms. The summed E-state index contributed by atoms with van der Waals surface area (Å²) < 4.78 is 5.62. The molecule has 0 amide bonds. The predicted molar refractivity (Wildman–Crippen MR) is 73.6 cm³/mol. The quantitative estimate of drug-likeness (QED) is 0.908. The molecule has 19 heavy (non-hydrogen) atoms. The molecule has 0 aliphatic carbocycles. The number of aliphatic carboxylic acids is 1. The van der Waals surface area contributed by atoms with Crippen molar-refractivity contribution >= 4 is 17.6 Å². The summed E-state index contributed by atoms with van der Waals surface area (Å²) in [6.45, 7) is 0.338. The summed E-state index contributed by atoms with van der Waals surface area (Å²) in [4.78, 5) is 10.8. The first-order valence-electron chi connectivity index (χ1n) is 5.82. The van der Waals surface area contributed by atoms with Gasteiger partial charge in [0.1, 0.15) is 12.4 Å². The Hall–Kier alpha value is -2.00. The summed E-state index contributed by atoms with van der Waals surface area (Å²) in [7, 11) is 0. The normalized spacial score (nSPS) is 10.2. The van der Waals surface area contributed by atoms with Gasteiger partial charge in [-0.2, -0.15) is 0 Å². The molecule has 0 saturated carbocycles. The van der Waals surface area contributed by atoms with E-state index in [0.29, 0.717) is 17.4 Å². The number of halogens is 1. The Labute approximate surface area is 116 Å². The van der Waals surface area contributed by atoms with Crippen molar-refractivity contribution in [2.24, 2.45) is 0 Å². The molecule has 0 aliphatic rings. The van der Waals surface area contributed by atoms with Crippen molar-refractivity contribution in [3.63, 3.8) is 0 Å². The molecule has 0 radical (unpaired) electrons. The second-order valence-corrected chi connectivity index (χ2v) is 4.52. The van der Waals surface area contributed by atoms with E-state index in [4.69, 9.17) is 21.4 Å². The summed E-state index contributed by atoms with van der Waals surface area (Å²) in [6.07, 6.45) is 0.000150. The van der Waals surface area contributed by atoms with Crippen LogP contribution in [0, 0.1) is 0 Å². The topological polar surface area (TPSA) is 46.5 Å². The third-order valence-electron chi connectivity index (χ3n) is 2.67. The first kappa shape index (κ1) is 13.4. The van der Waals surface area contributed by atoms with Crippen molar-refractivity contribution in [2.75, 3.05) is 0 Å². The van der Waals surface area contributed by atoms with Crippen LogP contribution < -0.4 is 4.74 Å². The molecule has 0 aliphatic heterocycles. The lowest BCUT2D eigenvalue weighted by atomic mass is 10.1. The van der Waals surface area contributed by atoms with Gasteiger partial charge in [0, 0.05) is 5.02 Å². The van der Waals surface area contributed by atoms with Crippen molar-refractivity contribution in [3.8, 4) is 5.75 Å². The Balaban J connectivity index is 2.06. The molecule has 1 N–H and O–H groups in total. The summed E-state index contributed by atoms with van der Waals surface area (Å²) >= 11 is 5.79. The highest BCUT2D eigenvalue weighted by Crippen LogP contribution is 2.18. The van der Waals surface area contributed by atoms with Gasteiger partial charge in [-0.1, -0.05) is 35.9 Å². The fourth-order valence-electron chi connectivity index (χ4n) is 1.73. The summed E-state index contributed by atoms with van der Waals surface area (Å²) in [5, 5.41) is 9.50. The number of benzene rings is 2. The van der Waals surface area contributed by atoms with Crippen LogP contribution in [0.1, 0.15) is 11.1 Å². The number of carboxylic acids is 1. The van der Waals surface area contributed by atoms with Crippen LogP contribution in [0.4, 0.5) is 0 Å². The lowest BCUT2D eigenvalue weighted by Crippen LogP contribution is -2.05. The van der Waals surface area contributed by atoms with E-state index < -0.39 is 5.97 Å². The van der Waals surface area contributed by atoms with Gasteiger partial charge in [-0.15, -0.1) is 0 Å². The zero-order valence-electron chi connectivity index (χ0n) is 10.2. The zero-order valence-corrected chi connectivity index (χ0v) is 10.9. The third-order valence-corrected chi connectivity index (χ3v) is 2.92. The van der Waals surface area contributed by atoms with Gasteiger partial charge < -0.3 is 9.84 Å². The lowest BCUT2D eigenvalue weighted by molar-refractivity contribution is -0.136. The van der Waals surface area contributed by atoms with Crippen molar-refractivity contribution in [3.05, 3.63) is 64.7 Å². The Bertz CT molecular complexity index is 564. The molecule has 0 aromatic heterocycles. The number of rotatable bonds is 5. The van der Waals surface area contributed by atoms with Gasteiger partial charge in [0.25, 0.3) is 0 Å². The number of carbonyl (C=O) groups is 1. The van der Waals surface area contributed by atoms with Crippen molar-refractivity contribution in [2.45, 2.75) is 13.0 Å². The van der Waals surface area contributed by atoms with Crippen LogP contribution in [0.5, 0.6) is 5.75 Å². The number of hydrogen-bond acceptors (Lipinski definition) is 2. The molecule has 2 aromatic rings. The van der Waals surface area contributed by atoms with E-state index in [0.717, 1.165) is 11.1 Å². The summed E-state index contributed by atoms with van der Waals surface area (Å²) in [6, 6.07) is 14.4. The van der Waals surface area contributed by atoms with Crippen LogP contribution in [0.15, 0.2) is 48.5 Å². The highest BCUT2D eigenvalue weighted by Gasteiger charge is 2.06. The Morgan fingerprint density at radius 1 is 1.05 bits per heavy atom. The van der Waals surface area contributed by atoms with Gasteiger partial charge in [-0.05, 0) is 35.4 Å². The zero-order chi connectivity index (χ0) is 13.7. The third kappa shape index (κ3) is 4.00. The monoisotopic (exact) mass is 276 g/mol. The average molecular weight is 277 g/mol. The molecule has 4 heteroatoms. The predicted octanol–water partition coefficient (Wildman–Crippen LogP) is 3.55. The molecule has 0 atom stereocenters. The van der Waals surface area contributed by atoms with Gasteiger partial charge >= 0.3 is 5.97 Å². The van der Waals surface area contributed by atoms with Gasteiger partial charge in [0.05, 0.1) is 6.42 Å². The van der Waals surface area contributed by atoms with E-state index in [-0.39, 0.29) is 6.42 Å². The van der Waals surface area contributed by atoms with Crippen LogP contribution in [-0.4, -0.2) is 11.1 Å². The molecule has 0 saturated heterocycles. The average Bonchev–Trinajstić information content (AvgIpc) is 2.39. The molecule has 0 heterocycles. The highest BCUT2D eigenvalue weighted by atomic mass is 35.5. The second-order valence-electron chi connectivity index (χ2n) is 4.08. The van der Waals surface area contributed by atoms with Crippen LogP contribution in [0.3, 0.4) is 0 Å². The van der Waals surface area contributed by atoms with Crippen LogP contribution in [0.25, 0.3) is 0 Å². The minimum atomic E-state index is -0.848. The number of ether oxygens (including phenoxy) is 1. The van der Waals surface area contributed by atoms with Crippen LogP contribution >= 0.6 is 11.6 Å². The molecule has 0 unspecified atom stereocenters. The van der Waals surface area contributed by atoms with Crippen molar-refractivity contribution < 1.29 is 14.6 Å². The molecule has 98 valence electrons. The fraction of sp³-hybridized carbons (Fsp3) is 0.133. The maximum absolute atomic E-state index is 10.8. The largest absolute Gasteiger partial charge is 0.489 e. The molecule has 0 fully saturated rings. The maximum Gasteiger partial charge on any atom is 0.307 e. The number of carboxylic acid groups (broad SMARTS) is 1. The SMILES string of the molecule is O=C(O)Cc1ccccc1COc1ccc(Cl)cc1. The number of hydrogen-bond donors (Lipinski definition) is 1. The fourth-order valence-corrected chi connectivity index (χ4v) is 1.85. The van der Waals surface area contributed by atoms with Gasteiger partial charge in [-0.3, -0.25) is 4.79 Å². The summed E-state index contributed by atoms with van der Waals surface area (Å²) in [5.41, 5.74) is 1.64. The second kappa shape index (κ2) is 6.25. The van der Waals surface area contributed by atoms with E-state index in [9.17, 15) is 4.79 Å². The smallest absolute Gasteiger partial charge is 0.307 e. The van der Waals surface area contributed by atoms with Crippen LogP contribution in [-0.2, 0) is 17.8 Å². The van der Waals surface area contributed by atoms with E-state index in [1.54, 1.807) is 30.3 Å². The molecule has 2 aromatic carbocycles. The van der Waals surface area contributed by atoms with Crippen molar-refractivity contribution in [1.82, 2.24) is 0 Å². The first-order chi connectivity index (χ1) is 9.15. The standard InChI is InChI=1S/C15H13ClO3/c16-13-5-7-14(8-6-13)19-10-12-4-2-1-3-11(12)9-15(17)18/h1-8H,9-10H2,(H,17,18). The Kier molecular flexibility index (Phi) is 4.42. The lowest BCUT2D eigenvalue weighted by Gasteiger charge is -2.10. The molecule has 0 bridgehead atoms. The Morgan fingerprint density at radius 2 is 1.68 bits per heavy atom. The maximum atomic E-state index is 10.8. The molecule has 3 nitrogen and oxygen atoms in total.